The first-order valence-electron chi connectivity index (χ1n) is 14.0. The Morgan fingerprint density at radius 3 is 2.30 bits per heavy atom. The molecule has 1 aliphatic heterocycles. The van der Waals surface area contributed by atoms with Crippen molar-refractivity contribution >= 4 is 11.8 Å². The second-order valence-corrected chi connectivity index (χ2v) is 11.5. The molecule has 6 nitrogen and oxygen atoms in total. The molecule has 0 bridgehead atoms. The molecule has 0 aromatic heterocycles. The van der Waals surface area contributed by atoms with E-state index in [1.807, 2.05) is 26.0 Å². The SMILES string of the molecule is CCc1cccc([C@@](O)(C(=O)N2CCC(CC3CC(Oc4ccc(C(=O)N(C)C)c(C)c4)C3)CC2)C(F)(F)F)c1. The molecule has 1 N–H and O–H groups in total. The molecule has 218 valence electrons. The maximum absolute atomic E-state index is 14.1. The summed E-state index contributed by atoms with van der Waals surface area (Å²) < 4.78 is 48.4. The van der Waals surface area contributed by atoms with Gasteiger partial charge in [0.1, 0.15) is 5.75 Å². The minimum Gasteiger partial charge on any atom is -0.490 e. The molecular weight excluding hydrogens is 521 g/mol. The van der Waals surface area contributed by atoms with Crippen LogP contribution in [0, 0.1) is 18.8 Å². The predicted octanol–water partition coefficient (Wildman–Crippen LogP) is 5.50. The van der Waals surface area contributed by atoms with Gasteiger partial charge in [0, 0.05) is 38.3 Å². The Morgan fingerprint density at radius 1 is 1.05 bits per heavy atom. The molecule has 1 saturated carbocycles. The van der Waals surface area contributed by atoms with Gasteiger partial charge in [0.05, 0.1) is 6.10 Å². The third-order valence-corrected chi connectivity index (χ3v) is 8.37. The number of hydrogen-bond acceptors (Lipinski definition) is 4. The minimum absolute atomic E-state index is 0.0470. The van der Waals surface area contributed by atoms with Crippen molar-refractivity contribution in [3.63, 3.8) is 0 Å². The Balaban J connectivity index is 1.28. The molecule has 2 aromatic rings. The summed E-state index contributed by atoms with van der Waals surface area (Å²) in [5.74, 6) is 0.184. The number of alkyl halides is 3. The highest BCUT2D eigenvalue weighted by Gasteiger charge is 2.62. The lowest BCUT2D eigenvalue weighted by molar-refractivity contribution is -0.262. The van der Waals surface area contributed by atoms with Crippen LogP contribution in [-0.2, 0) is 16.8 Å². The molecular formula is C31H39F3N2O4. The number of benzene rings is 2. The van der Waals surface area contributed by atoms with Crippen LogP contribution in [0.2, 0.25) is 0 Å². The summed E-state index contributed by atoms with van der Waals surface area (Å²) in [6, 6.07) is 11.1. The average molecular weight is 561 g/mol. The Kier molecular flexibility index (Phi) is 8.83. The zero-order chi connectivity index (χ0) is 29.2. The Labute approximate surface area is 234 Å². The van der Waals surface area contributed by atoms with Gasteiger partial charge in [-0.3, -0.25) is 9.59 Å². The van der Waals surface area contributed by atoms with Crippen molar-refractivity contribution in [3.8, 4) is 5.75 Å². The summed E-state index contributed by atoms with van der Waals surface area (Å²) in [5.41, 5.74) is -1.84. The van der Waals surface area contributed by atoms with Gasteiger partial charge in [0.2, 0.25) is 0 Å². The van der Waals surface area contributed by atoms with Crippen molar-refractivity contribution in [2.24, 2.45) is 11.8 Å². The van der Waals surface area contributed by atoms with E-state index in [0.717, 1.165) is 30.6 Å². The van der Waals surface area contributed by atoms with Crippen LogP contribution in [0.5, 0.6) is 5.75 Å². The molecule has 0 unspecified atom stereocenters. The lowest BCUT2D eigenvalue weighted by Gasteiger charge is -2.41. The van der Waals surface area contributed by atoms with E-state index >= 15 is 0 Å². The monoisotopic (exact) mass is 560 g/mol. The van der Waals surface area contributed by atoms with Crippen LogP contribution in [0.15, 0.2) is 42.5 Å². The molecule has 0 spiro atoms. The zero-order valence-corrected chi connectivity index (χ0v) is 23.6. The number of carbonyl (C=O) groups excluding carboxylic acids is 2. The van der Waals surface area contributed by atoms with E-state index in [2.05, 4.69) is 0 Å². The van der Waals surface area contributed by atoms with Gasteiger partial charge in [-0.15, -0.1) is 0 Å². The van der Waals surface area contributed by atoms with Gasteiger partial charge in [-0.05, 0) is 86.6 Å². The van der Waals surface area contributed by atoms with Crippen molar-refractivity contribution in [1.82, 2.24) is 9.80 Å². The fraction of sp³-hybridized carbons (Fsp3) is 0.548. The van der Waals surface area contributed by atoms with E-state index in [-0.39, 0.29) is 25.1 Å². The van der Waals surface area contributed by atoms with E-state index in [1.54, 1.807) is 31.1 Å². The lowest BCUT2D eigenvalue weighted by Crippen LogP contribution is -2.57. The van der Waals surface area contributed by atoms with E-state index in [4.69, 9.17) is 4.74 Å². The normalized spacial score (nSPS) is 21.4. The molecule has 2 fully saturated rings. The summed E-state index contributed by atoms with van der Waals surface area (Å²) in [7, 11) is 3.44. The van der Waals surface area contributed by atoms with Crippen molar-refractivity contribution < 1.29 is 32.6 Å². The van der Waals surface area contributed by atoms with Crippen LogP contribution < -0.4 is 4.74 Å². The summed E-state index contributed by atoms with van der Waals surface area (Å²) in [5, 5.41) is 10.8. The standard InChI is InChI=1S/C31H39F3N2O4/c1-5-21-7-6-8-24(17-21)30(39,31(32,33)34)29(38)36-13-11-22(12-14-36)16-23-18-26(19-23)40-25-9-10-27(20(2)15-25)28(37)35(3)4/h6-10,15,17,22-23,26,39H,5,11-14,16,18-19H2,1-4H3/t23?,26?,30-/m1/s1. The number of aryl methyl sites for hydroxylation is 2. The molecule has 2 amide bonds. The van der Waals surface area contributed by atoms with Gasteiger partial charge in [0.25, 0.3) is 17.4 Å². The molecule has 1 saturated heterocycles. The first kappa shape index (κ1) is 29.9. The van der Waals surface area contributed by atoms with Gasteiger partial charge in [-0.2, -0.15) is 13.2 Å². The number of amides is 2. The Bertz CT molecular complexity index is 1220. The number of ether oxygens (including phenoxy) is 1. The number of rotatable bonds is 8. The fourth-order valence-corrected chi connectivity index (χ4v) is 5.84. The summed E-state index contributed by atoms with van der Waals surface area (Å²) in [6.07, 6.45) is -0.570. The highest BCUT2D eigenvalue weighted by Crippen LogP contribution is 2.43. The van der Waals surface area contributed by atoms with E-state index in [1.165, 1.54) is 23.1 Å². The molecule has 1 heterocycles. The maximum Gasteiger partial charge on any atom is 0.430 e. The maximum atomic E-state index is 14.1. The van der Waals surface area contributed by atoms with Crippen molar-refractivity contribution in [1.29, 1.82) is 0 Å². The summed E-state index contributed by atoms with van der Waals surface area (Å²) in [6.45, 7) is 4.09. The molecule has 40 heavy (non-hydrogen) atoms. The first-order valence-corrected chi connectivity index (χ1v) is 14.0. The number of piperidine rings is 1. The van der Waals surface area contributed by atoms with Crippen LogP contribution in [-0.4, -0.2) is 66.2 Å². The number of aliphatic hydroxyl groups is 1. The molecule has 1 aliphatic carbocycles. The van der Waals surface area contributed by atoms with Crippen LogP contribution in [0.3, 0.4) is 0 Å². The molecule has 9 heteroatoms. The molecule has 4 rings (SSSR count). The van der Waals surface area contributed by atoms with Crippen LogP contribution >= 0.6 is 0 Å². The van der Waals surface area contributed by atoms with Crippen LogP contribution in [0.4, 0.5) is 13.2 Å². The third-order valence-electron chi connectivity index (χ3n) is 8.37. The number of carbonyl (C=O) groups is 2. The van der Waals surface area contributed by atoms with Crippen molar-refractivity contribution in [3.05, 3.63) is 64.7 Å². The topological polar surface area (TPSA) is 70.1 Å². The third kappa shape index (κ3) is 6.14. The minimum atomic E-state index is -5.13. The van der Waals surface area contributed by atoms with Gasteiger partial charge < -0.3 is 19.6 Å². The number of halogens is 3. The molecule has 2 aromatic carbocycles. The van der Waals surface area contributed by atoms with Crippen molar-refractivity contribution in [2.45, 2.75) is 70.3 Å². The second kappa shape index (κ2) is 11.8. The van der Waals surface area contributed by atoms with Gasteiger partial charge >= 0.3 is 6.18 Å². The second-order valence-electron chi connectivity index (χ2n) is 11.5. The fourth-order valence-electron chi connectivity index (χ4n) is 5.84. The molecule has 2 aliphatic rings. The summed E-state index contributed by atoms with van der Waals surface area (Å²) in [4.78, 5) is 28.1. The smallest absolute Gasteiger partial charge is 0.430 e. The number of likely N-dealkylation sites (tertiary alicyclic amines) is 1. The average Bonchev–Trinajstić information content (AvgIpc) is 2.90. The lowest BCUT2D eigenvalue weighted by atomic mass is 9.74. The Morgan fingerprint density at radius 2 is 1.73 bits per heavy atom. The van der Waals surface area contributed by atoms with Gasteiger partial charge in [-0.25, -0.2) is 0 Å². The number of nitrogens with zero attached hydrogens (tertiary/aromatic N) is 2. The van der Waals surface area contributed by atoms with Gasteiger partial charge in [-0.1, -0.05) is 31.2 Å². The quantitative estimate of drug-likeness (QED) is 0.463. The highest BCUT2D eigenvalue weighted by atomic mass is 19.4. The molecule has 0 radical (unpaired) electrons. The molecule has 1 atom stereocenters. The van der Waals surface area contributed by atoms with Gasteiger partial charge in [0.15, 0.2) is 0 Å². The van der Waals surface area contributed by atoms with E-state index in [9.17, 15) is 27.9 Å². The van der Waals surface area contributed by atoms with Crippen LogP contribution in [0.25, 0.3) is 0 Å². The van der Waals surface area contributed by atoms with Crippen molar-refractivity contribution in [2.75, 3.05) is 27.2 Å². The summed E-state index contributed by atoms with van der Waals surface area (Å²) >= 11 is 0. The Hall–Kier alpha value is -3.07. The van der Waals surface area contributed by atoms with E-state index in [0.29, 0.717) is 42.2 Å². The zero-order valence-electron chi connectivity index (χ0n) is 23.6. The predicted molar refractivity (Wildman–Crippen MR) is 146 cm³/mol. The first-order chi connectivity index (χ1) is 18.8. The number of hydrogen-bond donors (Lipinski definition) is 1. The highest BCUT2D eigenvalue weighted by molar-refractivity contribution is 5.95. The largest absolute Gasteiger partial charge is 0.490 e. The van der Waals surface area contributed by atoms with E-state index < -0.39 is 23.2 Å². The van der Waals surface area contributed by atoms with Crippen LogP contribution in [0.1, 0.15) is 66.1 Å².